The summed E-state index contributed by atoms with van der Waals surface area (Å²) in [5, 5.41) is 12.7. The third kappa shape index (κ3) is 4.16. The van der Waals surface area contributed by atoms with E-state index in [-0.39, 0.29) is 11.7 Å². The molecule has 0 aromatic carbocycles. The van der Waals surface area contributed by atoms with E-state index in [2.05, 4.69) is 18.9 Å². The quantitative estimate of drug-likeness (QED) is 0.801. The molecule has 2 atom stereocenters. The fourth-order valence-electron chi connectivity index (χ4n) is 2.26. The number of carbonyl (C=O) groups is 1. The van der Waals surface area contributed by atoms with E-state index in [0.29, 0.717) is 11.7 Å². The van der Waals surface area contributed by atoms with Crippen molar-refractivity contribution >= 4 is 16.8 Å². The first kappa shape index (κ1) is 16.9. The van der Waals surface area contributed by atoms with Gasteiger partial charge in [0, 0.05) is 17.0 Å². The van der Waals surface area contributed by atoms with Gasteiger partial charge in [-0.3, -0.25) is 13.7 Å². The first-order valence-corrected chi connectivity index (χ1v) is 8.42. The number of aliphatic carboxylic acids is 1. The van der Waals surface area contributed by atoms with E-state index in [1.807, 2.05) is 16.9 Å². The van der Waals surface area contributed by atoms with Crippen molar-refractivity contribution in [2.24, 2.45) is 5.92 Å². The Labute approximate surface area is 122 Å². The van der Waals surface area contributed by atoms with Gasteiger partial charge in [0.05, 0.1) is 17.5 Å². The van der Waals surface area contributed by atoms with Crippen molar-refractivity contribution in [2.75, 3.05) is 0 Å². The third-order valence-electron chi connectivity index (χ3n) is 3.40. The van der Waals surface area contributed by atoms with Crippen LogP contribution in [0.15, 0.2) is 12.3 Å². The van der Waals surface area contributed by atoms with Crippen LogP contribution < -0.4 is 0 Å². The molecule has 1 aromatic rings. The summed E-state index contributed by atoms with van der Waals surface area (Å²) in [5.74, 6) is -0.963. The maximum absolute atomic E-state index is 12.2. The van der Waals surface area contributed by atoms with Crippen molar-refractivity contribution < 1.29 is 14.1 Å². The molecule has 0 radical (unpaired) electrons. The molecule has 0 spiro atoms. The Morgan fingerprint density at radius 1 is 1.40 bits per heavy atom. The van der Waals surface area contributed by atoms with Crippen LogP contribution in [0.2, 0.25) is 0 Å². The number of hydrogen-bond acceptors (Lipinski definition) is 3. The van der Waals surface area contributed by atoms with Crippen LogP contribution in [0.1, 0.15) is 52.3 Å². The van der Waals surface area contributed by atoms with Gasteiger partial charge in [0.2, 0.25) is 0 Å². The maximum atomic E-state index is 12.2. The van der Waals surface area contributed by atoms with Crippen molar-refractivity contribution in [3.8, 4) is 0 Å². The standard InChI is InChI=1S/C14H24N2O3S/c1-5-12(6-2)16-8-7-11(15-16)9-20(19)13(10(3)4)14(17)18/h7-8,10,12-13H,5-6,9H2,1-4H3,(H,17,18). The van der Waals surface area contributed by atoms with Gasteiger partial charge in [0.15, 0.2) is 0 Å². The molecule has 0 fully saturated rings. The molecular formula is C14H24N2O3S. The van der Waals surface area contributed by atoms with Gasteiger partial charge in [0.1, 0.15) is 5.25 Å². The van der Waals surface area contributed by atoms with Gasteiger partial charge in [-0.25, -0.2) is 0 Å². The van der Waals surface area contributed by atoms with Gasteiger partial charge in [0.25, 0.3) is 0 Å². The molecule has 1 N–H and O–H groups in total. The molecule has 5 nitrogen and oxygen atoms in total. The summed E-state index contributed by atoms with van der Waals surface area (Å²) in [6, 6.07) is 2.17. The number of hydrogen-bond donors (Lipinski definition) is 1. The van der Waals surface area contributed by atoms with Crippen LogP contribution in [0.5, 0.6) is 0 Å². The minimum atomic E-state index is -1.45. The minimum absolute atomic E-state index is 0.158. The van der Waals surface area contributed by atoms with E-state index in [1.165, 1.54) is 0 Å². The zero-order valence-electron chi connectivity index (χ0n) is 12.6. The normalized spacial score (nSPS) is 14.7. The number of nitrogens with zero attached hydrogens (tertiary/aromatic N) is 2. The van der Waals surface area contributed by atoms with Gasteiger partial charge in [-0.2, -0.15) is 5.10 Å². The van der Waals surface area contributed by atoms with Crippen LogP contribution in [-0.2, 0) is 21.3 Å². The molecule has 0 bridgehead atoms. The SMILES string of the molecule is CCC(CC)n1ccc(CS(=O)C(C(=O)O)C(C)C)n1. The Morgan fingerprint density at radius 2 is 2.00 bits per heavy atom. The van der Waals surface area contributed by atoms with Gasteiger partial charge >= 0.3 is 5.97 Å². The van der Waals surface area contributed by atoms with Gasteiger partial charge in [-0.05, 0) is 24.8 Å². The second kappa shape index (κ2) is 7.57. The highest BCUT2D eigenvalue weighted by Gasteiger charge is 2.28. The van der Waals surface area contributed by atoms with Crippen LogP contribution in [0.4, 0.5) is 0 Å². The highest BCUT2D eigenvalue weighted by Crippen LogP contribution is 2.17. The fraction of sp³-hybridized carbons (Fsp3) is 0.714. The largest absolute Gasteiger partial charge is 0.480 e. The number of carboxylic acid groups (broad SMARTS) is 1. The van der Waals surface area contributed by atoms with E-state index < -0.39 is 22.0 Å². The molecule has 0 saturated carbocycles. The average Bonchev–Trinajstić information content (AvgIpc) is 2.78. The van der Waals surface area contributed by atoms with E-state index >= 15 is 0 Å². The van der Waals surface area contributed by atoms with Crippen molar-refractivity contribution in [1.29, 1.82) is 0 Å². The molecular weight excluding hydrogens is 276 g/mol. The maximum Gasteiger partial charge on any atom is 0.319 e. The summed E-state index contributed by atoms with van der Waals surface area (Å²) < 4.78 is 14.1. The fourth-order valence-corrected chi connectivity index (χ4v) is 3.71. The molecule has 114 valence electrons. The Hall–Kier alpha value is -1.17. The van der Waals surface area contributed by atoms with Crippen LogP contribution in [0.25, 0.3) is 0 Å². The highest BCUT2D eigenvalue weighted by atomic mass is 32.2. The molecule has 1 rings (SSSR count). The smallest absolute Gasteiger partial charge is 0.319 e. The predicted molar refractivity (Wildman–Crippen MR) is 80.0 cm³/mol. The summed E-state index contributed by atoms with van der Waals surface area (Å²) in [7, 11) is -1.45. The lowest BCUT2D eigenvalue weighted by molar-refractivity contribution is -0.137. The lowest BCUT2D eigenvalue weighted by Gasteiger charge is -2.15. The first-order valence-electron chi connectivity index (χ1n) is 7.04. The van der Waals surface area contributed by atoms with E-state index in [0.717, 1.165) is 12.8 Å². The van der Waals surface area contributed by atoms with Crippen LogP contribution in [0, 0.1) is 5.92 Å². The topological polar surface area (TPSA) is 72.2 Å². The van der Waals surface area contributed by atoms with E-state index in [1.54, 1.807) is 13.8 Å². The van der Waals surface area contributed by atoms with Gasteiger partial charge in [-0.15, -0.1) is 0 Å². The second-order valence-corrected chi connectivity index (χ2v) is 6.84. The third-order valence-corrected chi connectivity index (χ3v) is 5.30. The molecule has 6 heteroatoms. The second-order valence-electron chi connectivity index (χ2n) is 5.29. The summed E-state index contributed by atoms with van der Waals surface area (Å²) in [4.78, 5) is 11.2. The summed E-state index contributed by atoms with van der Waals surface area (Å²) in [6.07, 6.45) is 3.87. The van der Waals surface area contributed by atoms with Crippen molar-refractivity contribution in [3.05, 3.63) is 18.0 Å². The minimum Gasteiger partial charge on any atom is -0.480 e. The van der Waals surface area contributed by atoms with Crippen molar-refractivity contribution in [1.82, 2.24) is 9.78 Å². The molecule has 0 aliphatic rings. The highest BCUT2D eigenvalue weighted by molar-refractivity contribution is 7.85. The number of rotatable bonds is 8. The molecule has 1 heterocycles. The Morgan fingerprint density at radius 3 is 2.45 bits per heavy atom. The van der Waals surface area contributed by atoms with Crippen molar-refractivity contribution in [3.63, 3.8) is 0 Å². The number of carboxylic acids is 1. The molecule has 1 aromatic heterocycles. The molecule has 0 saturated heterocycles. The van der Waals surface area contributed by atoms with E-state index in [9.17, 15) is 9.00 Å². The monoisotopic (exact) mass is 300 g/mol. The summed E-state index contributed by atoms with van der Waals surface area (Å²) in [5.41, 5.74) is 0.696. The molecule has 0 aliphatic carbocycles. The summed E-state index contributed by atoms with van der Waals surface area (Å²) >= 11 is 0. The zero-order chi connectivity index (χ0) is 15.3. The first-order chi connectivity index (χ1) is 9.40. The Kier molecular flexibility index (Phi) is 6.39. The Balaban J connectivity index is 2.78. The van der Waals surface area contributed by atoms with Crippen LogP contribution in [0.3, 0.4) is 0 Å². The lowest BCUT2D eigenvalue weighted by atomic mass is 10.1. The van der Waals surface area contributed by atoms with Gasteiger partial charge < -0.3 is 5.11 Å². The number of aromatic nitrogens is 2. The predicted octanol–water partition coefficient (Wildman–Crippen LogP) is 2.60. The lowest BCUT2D eigenvalue weighted by Crippen LogP contribution is -2.31. The van der Waals surface area contributed by atoms with E-state index in [4.69, 9.17) is 5.11 Å². The van der Waals surface area contributed by atoms with Crippen LogP contribution in [-0.4, -0.2) is 30.3 Å². The summed E-state index contributed by atoms with van der Waals surface area (Å²) in [6.45, 7) is 7.76. The van der Waals surface area contributed by atoms with Crippen LogP contribution >= 0.6 is 0 Å². The average molecular weight is 300 g/mol. The zero-order valence-corrected chi connectivity index (χ0v) is 13.4. The molecule has 0 aliphatic heterocycles. The molecule has 0 amide bonds. The van der Waals surface area contributed by atoms with Gasteiger partial charge in [-0.1, -0.05) is 27.7 Å². The molecule has 20 heavy (non-hydrogen) atoms. The Bertz CT molecular complexity index is 467. The van der Waals surface area contributed by atoms with Crippen molar-refractivity contribution in [2.45, 2.75) is 57.6 Å². The molecule has 2 unspecified atom stereocenters.